The smallest absolute Gasteiger partial charge is 0.190 e. The lowest BCUT2D eigenvalue weighted by atomic mass is 10.2. The van der Waals surface area contributed by atoms with Crippen LogP contribution in [-0.4, -0.2) is 18.6 Å². The summed E-state index contributed by atoms with van der Waals surface area (Å²) in [5, 5.41) is 4.37. The number of aromatic nitrogens is 1. The fraction of sp³-hybridized carbons (Fsp3) is 0.471. The van der Waals surface area contributed by atoms with Crippen LogP contribution in [0.4, 0.5) is 10.8 Å². The highest BCUT2D eigenvalue weighted by molar-refractivity contribution is 7.15. The van der Waals surface area contributed by atoms with E-state index in [1.165, 1.54) is 29.1 Å². The molecule has 1 N–H and O–H groups in total. The SMILES string of the molecule is CCCCN(c1ccccc1)c1nc(CC)c(CNC)s1. The van der Waals surface area contributed by atoms with Gasteiger partial charge in [0.05, 0.1) is 5.69 Å². The van der Waals surface area contributed by atoms with Crippen LogP contribution in [0, 0.1) is 0 Å². The molecule has 0 saturated carbocycles. The molecule has 0 aliphatic rings. The first-order valence-corrected chi connectivity index (χ1v) is 8.57. The van der Waals surface area contributed by atoms with Crippen LogP contribution < -0.4 is 10.2 Å². The molecule has 21 heavy (non-hydrogen) atoms. The average molecular weight is 303 g/mol. The second kappa shape index (κ2) is 8.15. The van der Waals surface area contributed by atoms with Gasteiger partial charge in [-0.2, -0.15) is 0 Å². The highest BCUT2D eigenvalue weighted by Gasteiger charge is 2.16. The van der Waals surface area contributed by atoms with Crippen LogP contribution in [0.25, 0.3) is 0 Å². The van der Waals surface area contributed by atoms with E-state index in [9.17, 15) is 0 Å². The molecule has 2 aromatic rings. The highest BCUT2D eigenvalue weighted by atomic mass is 32.1. The van der Waals surface area contributed by atoms with Crippen molar-refractivity contribution in [3.05, 3.63) is 40.9 Å². The Kier molecular flexibility index (Phi) is 6.21. The maximum atomic E-state index is 4.88. The minimum absolute atomic E-state index is 0.900. The Morgan fingerprint density at radius 3 is 2.57 bits per heavy atom. The monoisotopic (exact) mass is 303 g/mol. The summed E-state index contributed by atoms with van der Waals surface area (Å²) in [6.07, 6.45) is 3.36. The predicted octanol–water partition coefficient (Wildman–Crippen LogP) is 4.36. The van der Waals surface area contributed by atoms with Crippen LogP contribution in [0.2, 0.25) is 0 Å². The summed E-state index contributed by atoms with van der Waals surface area (Å²) in [7, 11) is 1.99. The molecule has 1 aromatic heterocycles. The number of aryl methyl sites for hydroxylation is 1. The van der Waals surface area contributed by atoms with Gasteiger partial charge in [-0.05, 0) is 32.0 Å². The second-order valence-corrected chi connectivity index (χ2v) is 6.15. The molecule has 2 rings (SSSR count). The molecule has 4 heteroatoms. The lowest BCUT2D eigenvalue weighted by Crippen LogP contribution is -2.18. The zero-order valence-electron chi connectivity index (χ0n) is 13.2. The molecule has 0 amide bonds. The number of nitrogens with zero attached hydrogens (tertiary/aromatic N) is 2. The number of benzene rings is 1. The molecule has 0 bridgehead atoms. The highest BCUT2D eigenvalue weighted by Crippen LogP contribution is 2.32. The van der Waals surface area contributed by atoms with Crippen molar-refractivity contribution in [3.8, 4) is 0 Å². The Labute approximate surface area is 132 Å². The third-order valence-corrected chi connectivity index (χ3v) is 4.59. The molecule has 0 aliphatic heterocycles. The Balaban J connectivity index is 2.32. The summed E-state index contributed by atoms with van der Waals surface area (Å²) in [5.41, 5.74) is 2.46. The molecule has 1 aromatic carbocycles. The van der Waals surface area contributed by atoms with Gasteiger partial charge in [-0.25, -0.2) is 4.98 Å². The maximum absolute atomic E-state index is 4.88. The second-order valence-electron chi connectivity index (χ2n) is 5.09. The van der Waals surface area contributed by atoms with E-state index in [0.29, 0.717) is 0 Å². The van der Waals surface area contributed by atoms with Crippen LogP contribution in [0.1, 0.15) is 37.3 Å². The molecule has 3 nitrogen and oxygen atoms in total. The van der Waals surface area contributed by atoms with Gasteiger partial charge in [0.25, 0.3) is 0 Å². The fourth-order valence-corrected chi connectivity index (χ4v) is 3.53. The van der Waals surface area contributed by atoms with Crippen LogP contribution in [0.3, 0.4) is 0 Å². The van der Waals surface area contributed by atoms with Crippen molar-refractivity contribution in [1.29, 1.82) is 0 Å². The van der Waals surface area contributed by atoms with Crippen molar-refractivity contribution in [2.75, 3.05) is 18.5 Å². The van der Waals surface area contributed by atoms with E-state index in [2.05, 4.69) is 54.4 Å². The van der Waals surface area contributed by atoms with Crippen molar-refractivity contribution < 1.29 is 0 Å². The van der Waals surface area contributed by atoms with Crippen LogP contribution in [-0.2, 0) is 13.0 Å². The maximum Gasteiger partial charge on any atom is 0.190 e. The minimum Gasteiger partial charge on any atom is -0.318 e. The first-order chi connectivity index (χ1) is 10.3. The standard InChI is InChI=1S/C17H25N3S/c1-4-6-12-20(14-10-8-7-9-11-14)17-19-15(5-2)16(21-17)13-18-3/h7-11,18H,4-6,12-13H2,1-3H3. The molecule has 1 heterocycles. The first kappa shape index (κ1) is 16.0. The van der Waals surface area contributed by atoms with Gasteiger partial charge in [0.15, 0.2) is 5.13 Å². The Bertz CT molecular complexity index is 536. The first-order valence-electron chi connectivity index (χ1n) is 7.75. The van der Waals surface area contributed by atoms with Gasteiger partial charge in [0.1, 0.15) is 0 Å². The van der Waals surface area contributed by atoms with Gasteiger partial charge in [-0.3, -0.25) is 0 Å². The predicted molar refractivity (Wildman–Crippen MR) is 92.6 cm³/mol. The van der Waals surface area contributed by atoms with E-state index >= 15 is 0 Å². The van der Waals surface area contributed by atoms with Crippen LogP contribution >= 0.6 is 11.3 Å². The molecular formula is C17H25N3S. The number of unbranched alkanes of at least 4 members (excludes halogenated alkanes) is 1. The number of para-hydroxylation sites is 1. The van der Waals surface area contributed by atoms with Gasteiger partial charge < -0.3 is 10.2 Å². The summed E-state index contributed by atoms with van der Waals surface area (Å²) in [4.78, 5) is 8.59. The molecule has 0 unspecified atom stereocenters. The molecule has 0 spiro atoms. The Morgan fingerprint density at radius 2 is 1.95 bits per heavy atom. The minimum atomic E-state index is 0.900. The number of rotatable bonds is 8. The number of hydrogen-bond acceptors (Lipinski definition) is 4. The normalized spacial score (nSPS) is 10.8. The van der Waals surface area contributed by atoms with Crippen molar-refractivity contribution in [2.24, 2.45) is 0 Å². The molecular weight excluding hydrogens is 278 g/mol. The van der Waals surface area contributed by atoms with Crippen molar-refractivity contribution in [1.82, 2.24) is 10.3 Å². The van der Waals surface area contributed by atoms with E-state index in [1.54, 1.807) is 0 Å². The Morgan fingerprint density at radius 1 is 1.19 bits per heavy atom. The molecule has 0 fully saturated rings. The van der Waals surface area contributed by atoms with E-state index < -0.39 is 0 Å². The number of thiazole rings is 1. The molecule has 0 atom stereocenters. The van der Waals surface area contributed by atoms with Crippen molar-refractivity contribution >= 4 is 22.2 Å². The number of hydrogen-bond donors (Lipinski definition) is 1. The third kappa shape index (κ3) is 4.05. The number of nitrogens with one attached hydrogen (secondary N) is 1. The van der Waals surface area contributed by atoms with E-state index in [-0.39, 0.29) is 0 Å². The van der Waals surface area contributed by atoms with Gasteiger partial charge in [-0.15, -0.1) is 0 Å². The zero-order chi connectivity index (χ0) is 15.1. The Hall–Kier alpha value is -1.39. The molecule has 0 saturated heterocycles. The van der Waals surface area contributed by atoms with E-state index in [0.717, 1.165) is 24.6 Å². The fourth-order valence-electron chi connectivity index (χ4n) is 2.32. The lowest BCUT2D eigenvalue weighted by molar-refractivity contribution is 0.781. The largest absolute Gasteiger partial charge is 0.318 e. The van der Waals surface area contributed by atoms with Crippen molar-refractivity contribution in [2.45, 2.75) is 39.7 Å². The lowest BCUT2D eigenvalue weighted by Gasteiger charge is -2.21. The summed E-state index contributed by atoms with van der Waals surface area (Å²) >= 11 is 1.81. The summed E-state index contributed by atoms with van der Waals surface area (Å²) in [6.45, 7) is 6.33. The summed E-state index contributed by atoms with van der Waals surface area (Å²) in [6, 6.07) is 10.6. The van der Waals surface area contributed by atoms with Crippen LogP contribution in [0.15, 0.2) is 30.3 Å². The van der Waals surface area contributed by atoms with Gasteiger partial charge in [-0.1, -0.05) is 49.8 Å². The van der Waals surface area contributed by atoms with Crippen LogP contribution in [0.5, 0.6) is 0 Å². The van der Waals surface area contributed by atoms with Gasteiger partial charge in [0, 0.05) is 23.7 Å². The summed E-state index contributed by atoms with van der Waals surface area (Å²) < 4.78 is 0. The van der Waals surface area contributed by atoms with Gasteiger partial charge in [0.2, 0.25) is 0 Å². The third-order valence-electron chi connectivity index (χ3n) is 3.47. The average Bonchev–Trinajstić information content (AvgIpc) is 2.92. The zero-order valence-corrected chi connectivity index (χ0v) is 14.0. The molecule has 0 aliphatic carbocycles. The molecule has 114 valence electrons. The number of anilines is 2. The summed E-state index contributed by atoms with van der Waals surface area (Å²) in [5.74, 6) is 0. The topological polar surface area (TPSA) is 28.2 Å². The van der Waals surface area contributed by atoms with E-state index in [1.807, 2.05) is 18.4 Å². The molecule has 0 radical (unpaired) electrons. The van der Waals surface area contributed by atoms with Gasteiger partial charge >= 0.3 is 0 Å². The van der Waals surface area contributed by atoms with E-state index in [4.69, 9.17) is 4.98 Å². The van der Waals surface area contributed by atoms with Crippen molar-refractivity contribution in [3.63, 3.8) is 0 Å². The quantitative estimate of drug-likeness (QED) is 0.785.